The van der Waals surface area contributed by atoms with Gasteiger partial charge in [0.15, 0.2) is 0 Å². The van der Waals surface area contributed by atoms with Crippen LogP contribution >= 0.6 is 11.8 Å². The Balaban J connectivity index is 1.84. The molecule has 3 aromatic rings. The maximum Gasteiger partial charge on any atom is 0.280 e. The maximum atomic E-state index is 12.7. The van der Waals surface area contributed by atoms with Gasteiger partial charge in [0.25, 0.3) is 5.91 Å². The molecular weight excluding hydrogens is 390 g/mol. The summed E-state index contributed by atoms with van der Waals surface area (Å²) in [5.41, 5.74) is 1.96. The van der Waals surface area contributed by atoms with Gasteiger partial charge in [0.1, 0.15) is 16.5 Å². The number of benzene rings is 1. The summed E-state index contributed by atoms with van der Waals surface area (Å²) in [6.07, 6.45) is 3.09. The highest BCUT2D eigenvalue weighted by Gasteiger charge is 2.13. The van der Waals surface area contributed by atoms with Gasteiger partial charge in [-0.1, -0.05) is 6.07 Å². The Morgan fingerprint density at radius 1 is 1.21 bits per heavy atom. The zero-order chi connectivity index (χ0) is 20.8. The van der Waals surface area contributed by atoms with Crippen LogP contribution in [0.2, 0.25) is 0 Å². The molecule has 7 nitrogen and oxygen atoms in total. The average molecular weight is 411 g/mol. The quantitative estimate of drug-likeness (QED) is 0.494. The monoisotopic (exact) mass is 411 g/mol. The predicted octanol–water partition coefficient (Wildman–Crippen LogP) is 3.48. The van der Waals surface area contributed by atoms with Crippen LogP contribution in [-0.2, 0) is 5.75 Å². The number of nitrogens with zero attached hydrogens (tertiary/aromatic N) is 3. The highest BCUT2D eigenvalue weighted by atomic mass is 32.2. The normalized spacial score (nSPS) is 11.3. The molecule has 3 rings (SSSR count). The number of ether oxygens (including phenoxy) is 2. The van der Waals surface area contributed by atoms with E-state index in [-0.39, 0.29) is 0 Å². The SMILES string of the molecule is COc1ccc(CSc2ncccc2C(=O)N=c2ccn(O)c(C)c2)c(OC)c1. The molecule has 0 unspecified atom stereocenters. The summed E-state index contributed by atoms with van der Waals surface area (Å²) in [5, 5.41) is 10.6. The smallest absolute Gasteiger partial charge is 0.280 e. The second-order valence-corrected chi connectivity index (χ2v) is 7.07. The highest BCUT2D eigenvalue weighted by Crippen LogP contribution is 2.31. The number of rotatable bonds is 6. The van der Waals surface area contributed by atoms with Crippen molar-refractivity contribution in [3.63, 3.8) is 0 Å². The van der Waals surface area contributed by atoms with E-state index in [2.05, 4.69) is 9.98 Å². The van der Waals surface area contributed by atoms with Gasteiger partial charge in [-0.25, -0.2) is 9.98 Å². The molecule has 0 bridgehead atoms. The van der Waals surface area contributed by atoms with Crippen LogP contribution in [0.5, 0.6) is 11.5 Å². The van der Waals surface area contributed by atoms with Crippen molar-refractivity contribution < 1.29 is 19.5 Å². The fraction of sp³-hybridized carbons (Fsp3) is 0.190. The molecule has 0 fully saturated rings. The summed E-state index contributed by atoms with van der Waals surface area (Å²) in [6.45, 7) is 1.72. The third-order valence-corrected chi connectivity index (χ3v) is 5.25. The van der Waals surface area contributed by atoms with Gasteiger partial charge in [-0.05, 0) is 37.3 Å². The topological polar surface area (TPSA) is 85.9 Å². The molecular formula is C21H21N3O4S. The molecule has 1 amide bonds. The zero-order valence-electron chi connectivity index (χ0n) is 16.3. The first-order valence-corrected chi connectivity index (χ1v) is 9.76. The minimum atomic E-state index is -0.391. The van der Waals surface area contributed by atoms with E-state index in [1.807, 2.05) is 18.2 Å². The van der Waals surface area contributed by atoms with E-state index in [1.165, 1.54) is 18.0 Å². The van der Waals surface area contributed by atoms with Gasteiger partial charge in [-0.15, -0.1) is 11.8 Å². The van der Waals surface area contributed by atoms with Crippen molar-refractivity contribution in [3.8, 4) is 11.5 Å². The Kier molecular flexibility index (Phi) is 6.56. The van der Waals surface area contributed by atoms with E-state index in [0.29, 0.717) is 38.9 Å². The average Bonchev–Trinajstić information content (AvgIpc) is 2.74. The van der Waals surface area contributed by atoms with Gasteiger partial charge < -0.3 is 14.7 Å². The van der Waals surface area contributed by atoms with Crippen molar-refractivity contribution in [2.24, 2.45) is 4.99 Å². The van der Waals surface area contributed by atoms with E-state index < -0.39 is 5.91 Å². The van der Waals surface area contributed by atoms with Gasteiger partial charge >= 0.3 is 0 Å². The minimum absolute atomic E-state index is 0.391. The second-order valence-electron chi connectivity index (χ2n) is 6.11. The van der Waals surface area contributed by atoms with Crippen LogP contribution in [0.25, 0.3) is 0 Å². The largest absolute Gasteiger partial charge is 0.497 e. The predicted molar refractivity (Wildman–Crippen MR) is 110 cm³/mol. The summed E-state index contributed by atoms with van der Waals surface area (Å²) in [6, 6.07) is 12.2. The molecule has 2 heterocycles. The van der Waals surface area contributed by atoms with E-state index in [1.54, 1.807) is 51.6 Å². The van der Waals surface area contributed by atoms with Crippen molar-refractivity contribution >= 4 is 17.7 Å². The molecule has 29 heavy (non-hydrogen) atoms. The summed E-state index contributed by atoms with van der Waals surface area (Å²) in [5.74, 6) is 1.60. The molecule has 0 aliphatic rings. The van der Waals surface area contributed by atoms with Crippen LogP contribution in [0.1, 0.15) is 21.6 Å². The molecule has 150 valence electrons. The number of pyridine rings is 2. The number of hydrogen-bond donors (Lipinski definition) is 1. The number of amides is 1. The molecule has 0 aliphatic heterocycles. The first kappa shape index (κ1) is 20.5. The molecule has 0 atom stereocenters. The molecule has 0 radical (unpaired) electrons. The van der Waals surface area contributed by atoms with Crippen LogP contribution in [-0.4, -0.2) is 35.0 Å². The summed E-state index contributed by atoms with van der Waals surface area (Å²) < 4.78 is 11.6. The summed E-state index contributed by atoms with van der Waals surface area (Å²) >= 11 is 1.43. The van der Waals surface area contributed by atoms with Crippen LogP contribution in [0.3, 0.4) is 0 Å². The Labute approximate surface area is 172 Å². The van der Waals surface area contributed by atoms with Crippen LogP contribution in [0.15, 0.2) is 64.9 Å². The Hall–Kier alpha value is -3.26. The van der Waals surface area contributed by atoms with Gasteiger partial charge in [0.05, 0.1) is 30.8 Å². The van der Waals surface area contributed by atoms with Crippen LogP contribution in [0, 0.1) is 6.92 Å². The van der Waals surface area contributed by atoms with Crippen molar-refractivity contribution in [2.45, 2.75) is 17.7 Å². The Morgan fingerprint density at radius 3 is 2.76 bits per heavy atom. The van der Waals surface area contributed by atoms with E-state index >= 15 is 0 Å². The number of carbonyl (C=O) groups is 1. The second kappa shape index (κ2) is 9.29. The van der Waals surface area contributed by atoms with Crippen LogP contribution < -0.4 is 14.8 Å². The maximum absolute atomic E-state index is 12.7. The first-order chi connectivity index (χ1) is 14.0. The van der Waals surface area contributed by atoms with Crippen molar-refractivity contribution in [2.75, 3.05) is 14.2 Å². The van der Waals surface area contributed by atoms with Crippen molar-refractivity contribution in [1.29, 1.82) is 0 Å². The standard InChI is InChI=1S/C21H21N3O4S/c1-14-11-16(8-10-24(14)26)23-20(25)18-5-4-9-22-21(18)29-13-15-6-7-17(27-2)12-19(15)28-3/h4-12,26H,13H2,1-3H3. The molecule has 0 saturated heterocycles. The number of methoxy groups -OCH3 is 2. The fourth-order valence-corrected chi connectivity index (χ4v) is 3.60. The molecule has 1 aromatic carbocycles. The molecule has 0 aliphatic carbocycles. The third-order valence-electron chi connectivity index (χ3n) is 4.20. The number of carbonyl (C=O) groups excluding carboxylic acids is 1. The lowest BCUT2D eigenvalue weighted by Crippen LogP contribution is -2.11. The number of aryl methyl sites for hydroxylation is 1. The number of hydrogen-bond acceptors (Lipinski definition) is 6. The first-order valence-electron chi connectivity index (χ1n) is 8.78. The lowest BCUT2D eigenvalue weighted by atomic mass is 10.2. The van der Waals surface area contributed by atoms with Gasteiger partial charge in [0, 0.05) is 29.8 Å². The van der Waals surface area contributed by atoms with Crippen molar-refractivity contribution in [3.05, 3.63) is 77.0 Å². The van der Waals surface area contributed by atoms with E-state index in [0.717, 1.165) is 10.3 Å². The molecule has 0 saturated carbocycles. The summed E-state index contributed by atoms with van der Waals surface area (Å²) in [7, 11) is 3.21. The van der Waals surface area contributed by atoms with E-state index in [4.69, 9.17) is 9.47 Å². The van der Waals surface area contributed by atoms with Crippen LogP contribution in [0.4, 0.5) is 0 Å². The summed E-state index contributed by atoms with van der Waals surface area (Å²) in [4.78, 5) is 21.2. The zero-order valence-corrected chi connectivity index (χ0v) is 17.1. The molecule has 1 N–H and O–H groups in total. The third kappa shape index (κ3) is 4.97. The van der Waals surface area contributed by atoms with E-state index in [9.17, 15) is 10.0 Å². The Bertz CT molecular complexity index is 1100. The minimum Gasteiger partial charge on any atom is -0.497 e. The molecule has 8 heteroatoms. The lowest BCUT2D eigenvalue weighted by molar-refractivity contribution is 0.0994. The van der Waals surface area contributed by atoms with Crippen molar-refractivity contribution in [1.82, 2.24) is 9.71 Å². The number of aromatic nitrogens is 2. The number of thioether (sulfide) groups is 1. The lowest BCUT2D eigenvalue weighted by Gasteiger charge is -2.10. The van der Waals surface area contributed by atoms with Gasteiger partial charge in [-0.2, -0.15) is 4.73 Å². The van der Waals surface area contributed by atoms with Gasteiger partial charge in [0.2, 0.25) is 0 Å². The molecule has 2 aromatic heterocycles. The fourth-order valence-electron chi connectivity index (χ4n) is 2.63. The highest BCUT2D eigenvalue weighted by molar-refractivity contribution is 7.98. The molecule has 0 spiro atoms. The van der Waals surface area contributed by atoms with Gasteiger partial charge in [-0.3, -0.25) is 4.79 Å². The Morgan fingerprint density at radius 2 is 2.03 bits per heavy atom.